The van der Waals surface area contributed by atoms with E-state index in [0.29, 0.717) is 0 Å². The molecule has 98 valence electrons. The largest absolute Gasteiger partial charge is 0.501 e. The van der Waals surface area contributed by atoms with Gasteiger partial charge in [-0.05, 0) is 25.3 Å². The Kier molecular flexibility index (Phi) is 14.2. The predicted molar refractivity (Wildman–Crippen MR) is 77.0 cm³/mol. The van der Waals surface area contributed by atoms with E-state index in [1.54, 1.807) is 6.26 Å². The molecule has 0 aliphatic heterocycles. The van der Waals surface area contributed by atoms with E-state index >= 15 is 0 Å². The minimum Gasteiger partial charge on any atom is -0.501 e. The van der Waals surface area contributed by atoms with Crippen molar-refractivity contribution in [1.29, 1.82) is 0 Å². The molecule has 0 unspecified atom stereocenters. The standard InChI is InChI=1S/C16H28O/c1-3-5-7-8-9-10-11-12-13-14-16-17-15-6-4-2/h10-14,16H,3-9,15H2,1-2H3/b11-10+,13-12+,16-14+. The van der Waals surface area contributed by atoms with Crippen LogP contribution in [0.4, 0.5) is 0 Å². The summed E-state index contributed by atoms with van der Waals surface area (Å²) in [7, 11) is 0. The van der Waals surface area contributed by atoms with Gasteiger partial charge in [-0.3, -0.25) is 0 Å². The van der Waals surface area contributed by atoms with Crippen LogP contribution in [0.15, 0.2) is 36.6 Å². The summed E-state index contributed by atoms with van der Waals surface area (Å²) in [5.41, 5.74) is 0. The van der Waals surface area contributed by atoms with Crippen molar-refractivity contribution in [2.24, 2.45) is 0 Å². The summed E-state index contributed by atoms with van der Waals surface area (Å²) >= 11 is 0. The molecule has 1 heteroatoms. The first kappa shape index (κ1) is 16.0. The van der Waals surface area contributed by atoms with E-state index < -0.39 is 0 Å². The van der Waals surface area contributed by atoms with E-state index in [1.807, 2.05) is 12.2 Å². The second kappa shape index (κ2) is 15.0. The number of ether oxygens (including phenoxy) is 1. The smallest absolute Gasteiger partial charge is 0.0873 e. The highest BCUT2D eigenvalue weighted by Crippen LogP contribution is 2.02. The highest BCUT2D eigenvalue weighted by atomic mass is 16.5. The lowest BCUT2D eigenvalue weighted by atomic mass is 10.1. The summed E-state index contributed by atoms with van der Waals surface area (Å²) in [6.07, 6.45) is 21.0. The van der Waals surface area contributed by atoms with Gasteiger partial charge in [0.05, 0.1) is 12.9 Å². The minimum atomic E-state index is 0.827. The highest BCUT2D eigenvalue weighted by molar-refractivity contribution is 5.09. The van der Waals surface area contributed by atoms with Crippen molar-refractivity contribution in [1.82, 2.24) is 0 Å². The van der Waals surface area contributed by atoms with Crippen molar-refractivity contribution in [3.8, 4) is 0 Å². The third-order valence-electron chi connectivity index (χ3n) is 2.48. The molecule has 0 N–H and O–H groups in total. The number of unbranched alkanes of at least 4 members (excludes halogenated alkanes) is 5. The first-order chi connectivity index (χ1) is 8.41. The Hall–Kier alpha value is -0.980. The van der Waals surface area contributed by atoms with E-state index in [0.717, 1.165) is 13.0 Å². The summed E-state index contributed by atoms with van der Waals surface area (Å²) in [4.78, 5) is 0. The van der Waals surface area contributed by atoms with Gasteiger partial charge in [-0.25, -0.2) is 0 Å². The fourth-order valence-electron chi connectivity index (χ4n) is 1.39. The summed E-state index contributed by atoms with van der Waals surface area (Å²) in [5.74, 6) is 0. The fraction of sp³-hybridized carbons (Fsp3) is 0.625. The molecule has 0 aromatic carbocycles. The Morgan fingerprint density at radius 1 is 0.765 bits per heavy atom. The minimum absolute atomic E-state index is 0.827. The Balaban J connectivity index is 3.30. The van der Waals surface area contributed by atoms with Gasteiger partial charge in [-0.1, -0.05) is 63.8 Å². The van der Waals surface area contributed by atoms with Crippen LogP contribution in [0.2, 0.25) is 0 Å². The molecule has 0 bridgehead atoms. The normalized spacial score (nSPS) is 12.1. The third-order valence-corrected chi connectivity index (χ3v) is 2.48. The van der Waals surface area contributed by atoms with Crippen LogP contribution >= 0.6 is 0 Å². The predicted octanol–water partition coefficient (Wildman–Crippen LogP) is 5.40. The quantitative estimate of drug-likeness (QED) is 0.265. The highest BCUT2D eigenvalue weighted by Gasteiger charge is 1.83. The zero-order valence-electron chi connectivity index (χ0n) is 11.5. The lowest BCUT2D eigenvalue weighted by molar-refractivity contribution is 0.244. The molecular weight excluding hydrogens is 208 g/mol. The van der Waals surface area contributed by atoms with Gasteiger partial charge in [0.15, 0.2) is 0 Å². The van der Waals surface area contributed by atoms with Gasteiger partial charge in [0.1, 0.15) is 0 Å². The number of rotatable bonds is 11. The zero-order valence-corrected chi connectivity index (χ0v) is 11.5. The molecular formula is C16H28O. The van der Waals surface area contributed by atoms with Gasteiger partial charge >= 0.3 is 0 Å². The van der Waals surface area contributed by atoms with Crippen LogP contribution in [0.3, 0.4) is 0 Å². The molecule has 1 nitrogen and oxygen atoms in total. The summed E-state index contributed by atoms with van der Waals surface area (Å²) in [6.45, 7) is 5.24. The second-order valence-electron chi connectivity index (χ2n) is 4.22. The average molecular weight is 236 g/mol. The lowest BCUT2D eigenvalue weighted by Crippen LogP contribution is -1.84. The lowest BCUT2D eigenvalue weighted by Gasteiger charge is -1.95. The van der Waals surface area contributed by atoms with Crippen molar-refractivity contribution in [3.05, 3.63) is 36.6 Å². The Morgan fingerprint density at radius 2 is 1.53 bits per heavy atom. The maximum Gasteiger partial charge on any atom is 0.0873 e. The molecule has 0 amide bonds. The van der Waals surface area contributed by atoms with Gasteiger partial charge in [0.2, 0.25) is 0 Å². The average Bonchev–Trinajstić information content (AvgIpc) is 2.35. The fourth-order valence-corrected chi connectivity index (χ4v) is 1.39. The van der Waals surface area contributed by atoms with E-state index in [9.17, 15) is 0 Å². The molecule has 0 rings (SSSR count). The maximum absolute atomic E-state index is 5.29. The topological polar surface area (TPSA) is 9.23 Å². The van der Waals surface area contributed by atoms with E-state index in [4.69, 9.17) is 4.74 Å². The van der Waals surface area contributed by atoms with Gasteiger partial charge in [0.25, 0.3) is 0 Å². The van der Waals surface area contributed by atoms with Crippen LogP contribution in [0, 0.1) is 0 Å². The maximum atomic E-state index is 5.29. The molecule has 0 saturated heterocycles. The first-order valence-corrected chi connectivity index (χ1v) is 7.01. The molecule has 0 heterocycles. The zero-order chi connectivity index (χ0) is 12.6. The first-order valence-electron chi connectivity index (χ1n) is 7.01. The summed E-state index contributed by atoms with van der Waals surface area (Å²) < 4.78 is 5.29. The molecule has 0 spiro atoms. The Bertz CT molecular complexity index is 214. The molecule has 0 saturated carbocycles. The van der Waals surface area contributed by atoms with Crippen molar-refractivity contribution < 1.29 is 4.74 Å². The van der Waals surface area contributed by atoms with E-state index in [2.05, 4.69) is 32.1 Å². The molecule has 0 radical (unpaired) electrons. The SMILES string of the molecule is CCCCCC/C=C/C=C/C=C/OCCCC. The van der Waals surface area contributed by atoms with Crippen LogP contribution in [0.5, 0.6) is 0 Å². The number of hydrogen-bond donors (Lipinski definition) is 0. The van der Waals surface area contributed by atoms with Crippen molar-refractivity contribution in [2.45, 2.75) is 58.8 Å². The molecule has 0 atom stereocenters. The number of allylic oxidation sites excluding steroid dienone is 5. The van der Waals surface area contributed by atoms with Crippen LogP contribution in [0.1, 0.15) is 58.8 Å². The molecule has 0 fully saturated rings. The second-order valence-corrected chi connectivity index (χ2v) is 4.22. The van der Waals surface area contributed by atoms with Crippen molar-refractivity contribution >= 4 is 0 Å². The molecule has 0 aliphatic carbocycles. The Morgan fingerprint density at radius 3 is 2.29 bits per heavy atom. The monoisotopic (exact) mass is 236 g/mol. The van der Waals surface area contributed by atoms with E-state index in [-0.39, 0.29) is 0 Å². The number of hydrogen-bond acceptors (Lipinski definition) is 1. The van der Waals surface area contributed by atoms with Crippen LogP contribution in [0.25, 0.3) is 0 Å². The molecule has 0 aliphatic rings. The van der Waals surface area contributed by atoms with Gasteiger partial charge in [-0.2, -0.15) is 0 Å². The van der Waals surface area contributed by atoms with Crippen LogP contribution in [-0.2, 0) is 4.74 Å². The summed E-state index contributed by atoms with van der Waals surface area (Å²) in [5, 5.41) is 0. The third kappa shape index (κ3) is 15.0. The van der Waals surface area contributed by atoms with Crippen LogP contribution < -0.4 is 0 Å². The summed E-state index contributed by atoms with van der Waals surface area (Å²) in [6, 6.07) is 0. The van der Waals surface area contributed by atoms with Gasteiger partial charge in [-0.15, -0.1) is 0 Å². The van der Waals surface area contributed by atoms with E-state index in [1.165, 1.54) is 38.5 Å². The Labute approximate surface area is 107 Å². The molecule has 17 heavy (non-hydrogen) atoms. The van der Waals surface area contributed by atoms with Crippen molar-refractivity contribution in [3.63, 3.8) is 0 Å². The van der Waals surface area contributed by atoms with Crippen LogP contribution in [-0.4, -0.2) is 6.61 Å². The van der Waals surface area contributed by atoms with Gasteiger partial charge in [0, 0.05) is 0 Å². The molecule has 0 aromatic heterocycles. The molecule has 0 aromatic rings. The van der Waals surface area contributed by atoms with Crippen molar-refractivity contribution in [2.75, 3.05) is 6.61 Å². The van der Waals surface area contributed by atoms with Gasteiger partial charge < -0.3 is 4.74 Å².